The fourth-order valence-corrected chi connectivity index (χ4v) is 9.45. The van der Waals surface area contributed by atoms with Crippen LogP contribution < -0.4 is 0 Å². The molecule has 266 valence electrons. The van der Waals surface area contributed by atoms with Crippen LogP contribution >= 0.6 is 11.3 Å². The van der Waals surface area contributed by atoms with E-state index in [4.69, 9.17) is 19.4 Å². The number of nitrogens with zero attached hydrogens (tertiary/aromatic N) is 4. The van der Waals surface area contributed by atoms with Gasteiger partial charge in [-0.2, -0.15) is 0 Å². The second-order valence-corrected chi connectivity index (χ2v) is 15.5. The van der Waals surface area contributed by atoms with Crippen molar-refractivity contribution in [3.8, 4) is 51.0 Å². The zero-order chi connectivity index (χ0) is 37.5. The van der Waals surface area contributed by atoms with Crippen molar-refractivity contribution in [2.45, 2.75) is 0 Å². The van der Waals surface area contributed by atoms with E-state index in [0.29, 0.717) is 17.5 Å². The zero-order valence-electron chi connectivity index (χ0n) is 30.4. The monoisotopic (exact) mass is 746 g/mol. The molecule has 0 N–H and O–H groups in total. The lowest BCUT2D eigenvalue weighted by Gasteiger charge is -2.11. The summed E-state index contributed by atoms with van der Waals surface area (Å²) in [4.78, 5) is 15.5. The summed E-state index contributed by atoms with van der Waals surface area (Å²) in [6.45, 7) is 0. The van der Waals surface area contributed by atoms with Gasteiger partial charge in [-0.25, -0.2) is 15.0 Å². The molecule has 0 atom stereocenters. The predicted molar refractivity (Wildman–Crippen MR) is 236 cm³/mol. The summed E-state index contributed by atoms with van der Waals surface area (Å²) in [5.41, 5.74) is 10.0. The van der Waals surface area contributed by atoms with Gasteiger partial charge in [0.2, 0.25) is 0 Å². The highest BCUT2D eigenvalue weighted by molar-refractivity contribution is 7.25. The van der Waals surface area contributed by atoms with E-state index in [9.17, 15) is 0 Å². The van der Waals surface area contributed by atoms with Crippen LogP contribution in [0.25, 0.3) is 115 Å². The third kappa shape index (κ3) is 5.12. The molecular formula is C51H30N4OS. The van der Waals surface area contributed by atoms with Crippen molar-refractivity contribution >= 4 is 75.3 Å². The molecule has 0 aliphatic heterocycles. The summed E-state index contributed by atoms with van der Waals surface area (Å²) in [5, 5.41) is 6.97. The Morgan fingerprint density at radius 1 is 0.386 bits per heavy atom. The molecule has 0 radical (unpaired) electrons. The average Bonchev–Trinajstić information content (AvgIpc) is 3.96. The molecule has 0 unspecified atom stereocenters. The Labute approximate surface area is 330 Å². The lowest BCUT2D eigenvalue weighted by molar-refractivity contribution is 0.669. The Balaban J connectivity index is 1.02. The van der Waals surface area contributed by atoms with Crippen molar-refractivity contribution in [3.63, 3.8) is 0 Å². The number of hydrogen-bond acceptors (Lipinski definition) is 5. The SMILES string of the molecule is c1ccc(-c2ccc3c(c2)c2ccccc2n3-c2ccc(-c3nc(-c4ccc5sc6ccccc6c5c4)nc(-c4cccc5c4oc4ccccc45)n3)cc2)cc1. The van der Waals surface area contributed by atoms with Crippen LogP contribution in [0.3, 0.4) is 0 Å². The van der Waals surface area contributed by atoms with Crippen LogP contribution in [-0.4, -0.2) is 19.5 Å². The van der Waals surface area contributed by atoms with E-state index < -0.39 is 0 Å². The summed E-state index contributed by atoms with van der Waals surface area (Å²) >= 11 is 1.80. The Kier molecular flexibility index (Phi) is 7.03. The van der Waals surface area contributed by atoms with Gasteiger partial charge >= 0.3 is 0 Å². The van der Waals surface area contributed by atoms with Crippen LogP contribution in [-0.2, 0) is 0 Å². The fraction of sp³-hybridized carbons (Fsp3) is 0. The van der Waals surface area contributed by atoms with Gasteiger partial charge in [-0.05, 0) is 90.0 Å². The molecule has 12 aromatic rings. The lowest BCUT2D eigenvalue weighted by atomic mass is 10.0. The molecular weight excluding hydrogens is 717 g/mol. The number of furan rings is 1. The topological polar surface area (TPSA) is 56.7 Å². The zero-order valence-corrected chi connectivity index (χ0v) is 31.2. The first-order valence-electron chi connectivity index (χ1n) is 19.0. The molecule has 5 nitrogen and oxygen atoms in total. The second kappa shape index (κ2) is 12.6. The number of benzene rings is 8. The van der Waals surface area contributed by atoms with Gasteiger partial charge in [-0.1, -0.05) is 103 Å². The minimum Gasteiger partial charge on any atom is -0.455 e. The predicted octanol–water partition coefficient (Wildman–Crippen LogP) is 13.9. The van der Waals surface area contributed by atoms with Gasteiger partial charge < -0.3 is 8.98 Å². The summed E-state index contributed by atoms with van der Waals surface area (Å²) < 4.78 is 11.3. The minimum absolute atomic E-state index is 0.565. The van der Waals surface area contributed by atoms with E-state index in [0.717, 1.165) is 55.3 Å². The first kappa shape index (κ1) is 31.9. The molecule has 0 saturated carbocycles. The lowest BCUT2D eigenvalue weighted by Crippen LogP contribution is -2.01. The molecule has 0 fully saturated rings. The molecule has 0 saturated heterocycles. The van der Waals surface area contributed by atoms with Crippen LogP contribution in [0.4, 0.5) is 0 Å². The Hall–Kier alpha value is -7.41. The number of hydrogen-bond donors (Lipinski definition) is 0. The Morgan fingerprint density at radius 2 is 1.02 bits per heavy atom. The second-order valence-electron chi connectivity index (χ2n) is 14.4. The van der Waals surface area contributed by atoms with Crippen LogP contribution in [0.15, 0.2) is 186 Å². The van der Waals surface area contributed by atoms with E-state index in [1.165, 1.54) is 42.1 Å². The maximum absolute atomic E-state index is 6.48. The third-order valence-electron chi connectivity index (χ3n) is 11.1. The van der Waals surface area contributed by atoms with Crippen LogP contribution in [0.2, 0.25) is 0 Å². The van der Waals surface area contributed by atoms with Crippen molar-refractivity contribution in [2.24, 2.45) is 0 Å². The number of fused-ring (bicyclic) bond motifs is 9. The van der Waals surface area contributed by atoms with Crippen molar-refractivity contribution in [1.82, 2.24) is 19.5 Å². The summed E-state index contributed by atoms with van der Waals surface area (Å²) in [6.07, 6.45) is 0. The Morgan fingerprint density at radius 3 is 1.89 bits per heavy atom. The smallest absolute Gasteiger partial charge is 0.167 e. The number of para-hydroxylation sites is 3. The van der Waals surface area contributed by atoms with Crippen LogP contribution in [0.5, 0.6) is 0 Å². The van der Waals surface area contributed by atoms with Crippen LogP contribution in [0, 0.1) is 0 Å². The number of aromatic nitrogens is 4. The van der Waals surface area contributed by atoms with Gasteiger partial charge in [0.25, 0.3) is 0 Å². The molecule has 8 aromatic carbocycles. The van der Waals surface area contributed by atoms with Gasteiger partial charge in [0.1, 0.15) is 11.2 Å². The molecule has 0 bridgehead atoms. The van der Waals surface area contributed by atoms with Crippen molar-refractivity contribution < 1.29 is 4.42 Å². The number of rotatable bonds is 5. The first-order chi connectivity index (χ1) is 28.2. The van der Waals surface area contributed by atoms with Crippen molar-refractivity contribution in [1.29, 1.82) is 0 Å². The summed E-state index contributed by atoms with van der Waals surface area (Å²) in [7, 11) is 0. The summed E-state index contributed by atoms with van der Waals surface area (Å²) in [6, 6.07) is 63.9. The van der Waals surface area contributed by atoms with E-state index in [2.05, 4.69) is 162 Å². The molecule has 12 rings (SSSR count). The molecule has 0 aliphatic rings. The molecule has 0 amide bonds. The molecule has 57 heavy (non-hydrogen) atoms. The minimum atomic E-state index is 0.565. The third-order valence-corrected chi connectivity index (χ3v) is 12.2. The molecule has 4 heterocycles. The van der Waals surface area contributed by atoms with Gasteiger partial charge in [-0.3, -0.25) is 0 Å². The maximum atomic E-state index is 6.48. The quantitative estimate of drug-likeness (QED) is 0.176. The van der Waals surface area contributed by atoms with E-state index in [1.54, 1.807) is 11.3 Å². The van der Waals surface area contributed by atoms with Crippen LogP contribution in [0.1, 0.15) is 0 Å². The van der Waals surface area contributed by atoms with E-state index >= 15 is 0 Å². The highest BCUT2D eigenvalue weighted by Crippen LogP contribution is 2.39. The largest absolute Gasteiger partial charge is 0.455 e. The van der Waals surface area contributed by atoms with E-state index in [-0.39, 0.29) is 0 Å². The van der Waals surface area contributed by atoms with Gasteiger partial charge in [0.05, 0.1) is 16.6 Å². The first-order valence-corrected chi connectivity index (χ1v) is 19.8. The molecule has 0 aliphatic carbocycles. The molecule has 0 spiro atoms. The average molecular weight is 747 g/mol. The number of thiophene rings is 1. The Bertz CT molecular complexity index is 3520. The van der Waals surface area contributed by atoms with E-state index in [1.807, 2.05) is 24.3 Å². The van der Waals surface area contributed by atoms with Gasteiger partial charge in [0, 0.05) is 58.5 Å². The normalized spacial score (nSPS) is 11.9. The molecule has 6 heteroatoms. The van der Waals surface area contributed by atoms with Gasteiger partial charge in [-0.15, -0.1) is 11.3 Å². The highest BCUT2D eigenvalue weighted by atomic mass is 32.1. The standard InChI is InChI=1S/C51H30N4OS/c1-2-11-31(12-3-1)33-23-27-44-41(29-33)36-13-4-7-18-43(36)55(44)35-25-21-32(22-26-35)49-52-50(34-24-28-47-42(30-34)38-15-6-9-20-46(38)57-47)54-51(53-49)40-17-10-16-39-37-14-5-8-19-45(37)56-48(39)40/h1-30H. The van der Waals surface area contributed by atoms with Gasteiger partial charge in [0.15, 0.2) is 17.5 Å². The van der Waals surface area contributed by atoms with Crippen molar-refractivity contribution in [2.75, 3.05) is 0 Å². The summed E-state index contributed by atoms with van der Waals surface area (Å²) in [5.74, 6) is 1.77. The highest BCUT2D eigenvalue weighted by Gasteiger charge is 2.19. The maximum Gasteiger partial charge on any atom is 0.167 e. The fourth-order valence-electron chi connectivity index (χ4n) is 8.36. The molecule has 4 aromatic heterocycles. The van der Waals surface area contributed by atoms with Crippen molar-refractivity contribution in [3.05, 3.63) is 182 Å².